The van der Waals surface area contributed by atoms with E-state index in [0.29, 0.717) is 6.07 Å². The molecule has 0 bridgehead atoms. The first kappa shape index (κ1) is 9.76. The summed E-state index contributed by atoms with van der Waals surface area (Å²) in [5.74, 6) is -2.15. The number of methoxy groups -OCH3 is 1. The Morgan fingerprint density at radius 1 is 1.38 bits per heavy atom. The third-order valence-electron chi connectivity index (χ3n) is 1.34. The van der Waals surface area contributed by atoms with Crippen LogP contribution in [0.15, 0.2) is 12.3 Å². The molecule has 0 spiro atoms. The summed E-state index contributed by atoms with van der Waals surface area (Å²) in [6.07, 6.45) is -3.88. The number of rotatable bonds is 1. The lowest BCUT2D eigenvalue weighted by Gasteiger charge is -2.10. The van der Waals surface area contributed by atoms with Gasteiger partial charge in [0.2, 0.25) is 5.88 Å². The number of nitrogens with zero attached hydrogens (tertiary/aromatic N) is 1. The zero-order chi connectivity index (χ0) is 10.1. The zero-order valence-electron chi connectivity index (χ0n) is 6.52. The van der Waals surface area contributed by atoms with Gasteiger partial charge in [0.25, 0.3) is 0 Å². The number of ether oxygens (including phenoxy) is 1. The zero-order valence-corrected chi connectivity index (χ0v) is 6.52. The van der Waals surface area contributed by atoms with Crippen molar-refractivity contribution in [3.05, 3.63) is 23.6 Å². The van der Waals surface area contributed by atoms with Gasteiger partial charge in [0.05, 0.1) is 7.11 Å². The van der Waals surface area contributed by atoms with Crippen molar-refractivity contribution in [2.24, 2.45) is 0 Å². The highest BCUT2D eigenvalue weighted by Crippen LogP contribution is 2.36. The molecule has 2 nitrogen and oxygen atoms in total. The fraction of sp³-hybridized carbons (Fsp3) is 0.286. The summed E-state index contributed by atoms with van der Waals surface area (Å²) in [7, 11) is 0.997. The molecule has 0 atom stereocenters. The Morgan fingerprint density at radius 2 is 2.00 bits per heavy atom. The highest BCUT2D eigenvalue weighted by atomic mass is 19.4. The van der Waals surface area contributed by atoms with Gasteiger partial charge in [0.1, 0.15) is 5.82 Å². The van der Waals surface area contributed by atoms with Crippen LogP contribution in [0.5, 0.6) is 5.88 Å². The molecule has 0 aromatic carbocycles. The van der Waals surface area contributed by atoms with Crippen molar-refractivity contribution >= 4 is 0 Å². The molecule has 1 heterocycles. The third kappa shape index (κ3) is 1.88. The molecule has 0 amide bonds. The van der Waals surface area contributed by atoms with E-state index in [4.69, 9.17) is 0 Å². The van der Waals surface area contributed by atoms with E-state index in [1.807, 2.05) is 0 Å². The van der Waals surface area contributed by atoms with Gasteiger partial charge in [-0.2, -0.15) is 13.2 Å². The van der Waals surface area contributed by atoms with Crippen LogP contribution in [0.2, 0.25) is 0 Å². The van der Waals surface area contributed by atoms with Crippen molar-refractivity contribution in [2.45, 2.75) is 6.18 Å². The minimum Gasteiger partial charge on any atom is -0.480 e. The van der Waals surface area contributed by atoms with Crippen LogP contribution >= 0.6 is 0 Å². The predicted octanol–water partition coefficient (Wildman–Crippen LogP) is 2.25. The van der Waals surface area contributed by atoms with Gasteiger partial charge in [-0.1, -0.05) is 0 Å². The maximum atomic E-state index is 12.7. The van der Waals surface area contributed by atoms with Crippen LogP contribution in [0.1, 0.15) is 5.56 Å². The highest BCUT2D eigenvalue weighted by Gasteiger charge is 2.38. The van der Waals surface area contributed by atoms with Crippen LogP contribution < -0.4 is 4.74 Å². The molecule has 1 aromatic rings. The molecule has 0 aliphatic carbocycles. The number of halogens is 4. The van der Waals surface area contributed by atoms with Gasteiger partial charge in [-0.3, -0.25) is 0 Å². The van der Waals surface area contributed by atoms with Crippen LogP contribution in [-0.2, 0) is 6.18 Å². The molecule has 0 aliphatic rings. The van der Waals surface area contributed by atoms with E-state index in [2.05, 4.69) is 9.72 Å². The van der Waals surface area contributed by atoms with Gasteiger partial charge >= 0.3 is 6.18 Å². The van der Waals surface area contributed by atoms with Crippen molar-refractivity contribution < 1.29 is 22.3 Å². The molecular weight excluding hydrogens is 190 g/mol. The topological polar surface area (TPSA) is 22.1 Å². The van der Waals surface area contributed by atoms with Gasteiger partial charge in [0, 0.05) is 6.20 Å². The monoisotopic (exact) mass is 195 g/mol. The fourth-order valence-electron chi connectivity index (χ4n) is 0.832. The molecule has 0 saturated heterocycles. The van der Waals surface area contributed by atoms with E-state index in [1.165, 1.54) is 0 Å². The van der Waals surface area contributed by atoms with Crippen molar-refractivity contribution in [3.8, 4) is 5.88 Å². The van der Waals surface area contributed by atoms with Crippen LogP contribution in [0.4, 0.5) is 17.6 Å². The molecule has 1 aromatic heterocycles. The minimum absolute atomic E-state index is 0.630. The molecule has 0 fully saturated rings. The molecule has 6 heteroatoms. The number of alkyl halides is 3. The van der Waals surface area contributed by atoms with Crippen molar-refractivity contribution in [1.82, 2.24) is 4.98 Å². The second-order valence-corrected chi connectivity index (χ2v) is 2.17. The molecular formula is C7H5F4NO. The van der Waals surface area contributed by atoms with Gasteiger partial charge in [-0.05, 0) is 6.07 Å². The largest absolute Gasteiger partial charge is 0.480 e. The summed E-state index contributed by atoms with van der Waals surface area (Å²) < 4.78 is 53.4. The lowest BCUT2D eigenvalue weighted by atomic mass is 10.2. The van der Waals surface area contributed by atoms with E-state index in [0.717, 1.165) is 13.3 Å². The SMILES string of the molecule is COc1nccc(F)c1C(F)(F)F. The second kappa shape index (κ2) is 3.20. The first-order valence-electron chi connectivity index (χ1n) is 3.22. The Kier molecular flexibility index (Phi) is 2.40. The van der Waals surface area contributed by atoms with Crippen molar-refractivity contribution in [3.63, 3.8) is 0 Å². The average molecular weight is 195 g/mol. The maximum Gasteiger partial charge on any atom is 0.424 e. The van der Waals surface area contributed by atoms with Gasteiger partial charge in [-0.15, -0.1) is 0 Å². The summed E-state index contributed by atoms with van der Waals surface area (Å²) in [6.45, 7) is 0. The standard InChI is InChI=1S/C7H5F4NO/c1-13-6-5(7(9,10)11)4(8)2-3-12-6/h2-3H,1H3. The summed E-state index contributed by atoms with van der Waals surface area (Å²) in [5.41, 5.74) is -1.47. The molecule has 0 aliphatic heterocycles. The van der Waals surface area contributed by atoms with E-state index in [1.54, 1.807) is 0 Å². The van der Waals surface area contributed by atoms with Crippen molar-refractivity contribution in [2.75, 3.05) is 7.11 Å². The van der Waals surface area contributed by atoms with Crippen LogP contribution in [0.3, 0.4) is 0 Å². The molecule has 1 rings (SSSR count). The van der Waals surface area contributed by atoms with Crippen molar-refractivity contribution in [1.29, 1.82) is 0 Å². The van der Waals surface area contributed by atoms with E-state index < -0.39 is 23.4 Å². The summed E-state index contributed by atoms with van der Waals surface area (Å²) >= 11 is 0. The Balaban J connectivity index is 3.32. The molecule has 0 saturated carbocycles. The molecule has 0 N–H and O–H groups in total. The Bertz CT molecular complexity index is 310. The number of aromatic nitrogens is 1. The molecule has 72 valence electrons. The highest BCUT2D eigenvalue weighted by molar-refractivity contribution is 5.29. The number of pyridine rings is 1. The third-order valence-corrected chi connectivity index (χ3v) is 1.34. The molecule has 13 heavy (non-hydrogen) atoms. The van der Waals surface area contributed by atoms with Gasteiger partial charge in [-0.25, -0.2) is 9.37 Å². The van der Waals surface area contributed by atoms with Crippen LogP contribution in [0.25, 0.3) is 0 Å². The maximum absolute atomic E-state index is 12.7. The first-order valence-corrected chi connectivity index (χ1v) is 3.22. The summed E-state index contributed by atoms with van der Waals surface area (Å²) in [4.78, 5) is 3.24. The Morgan fingerprint density at radius 3 is 2.38 bits per heavy atom. The van der Waals surface area contributed by atoms with Gasteiger partial charge in [0.15, 0.2) is 5.56 Å². The molecule has 0 unspecified atom stereocenters. The summed E-state index contributed by atoms with van der Waals surface area (Å²) in [5, 5.41) is 0. The minimum atomic E-state index is -4.79. The summed E-state index contributed by atoms with van der Waals surface area (Å²) in [6, 6.07) is 0.630. The predicted molar refractivity (Wildman–Crippen MR) is 35.7 cm³/mol. The van der Waals surface area contributed by atoms with Crippen LogP contribution in [0, 0.1) is 5.82 Å². The Labute approximate surface area is 71.2 Å². The average Bonchev–Trinajstić information content (AvgIpc) is 2.01. The lowest BCUT2D eigenvalue weighted by Crippen LogP contribution is -2.11. The van der Waals surface area contributed by atoms with E-state index >= 15 is 0 Å². The van der Waals surface area contributed by atoms with Gasteiger partial charge < -0.3 is 4.74 Å². The quantitative estimate of drug-likeness (QED) is 0.641. The normalized spacial score (nSPS) is 11.5. The van der Waals surface area contributed by atoms with E-state index in [-0.39, 0.29) is 0 Å². The Hall–Kier alpha value is -1.33. The first-order chi connectivity index (χ1) is 5.96. The lowest BCUT2D eigenvalue weighted by molar-refractivity contribution is -0.141. The fourth-order valence-corrected chi connectivity index (χ4v) is 0.832. The molecule has 0 radical (unpaired) electrons. The van der Waals surface area contributed by atoms with Crippen LogP contribution in [-0.4, -0.2) is 12.1 Å². The number of hydrogen-bond acceptors (Lipinski definition) is 2. The smallest absolute Gasteiger partial charge is 0.424 e. The second-order valence-electron chi connectivity index (χ2n) is 2.17. The number of hydrogen-bond donors (Lipinski definition) is 0. The van der Waals surface area contributed by atoms with E-state index in [9.17, 15) is 17.6 Å².